The smallest absolute Gasteiger partial charge is 0.372 e. The molecule has 2 unspecified atom stereocenters. The molecule has 3 nitrogen and oxygen atoms in total. The van der Waals surface area contributed by atoms with Crippen molar-refractivity contribution in [2.45, 2.75) is 64.0 Å². The molecule has 0 aromatic rings. The summed E-state index contributed by atoms with van der Waals surface area (Å²) in [7, 11) is 0. The van der Waals surface area contributed by atoms with Crippen LogP contribution in [0.4, 0.5) is 13.2 Å². The lowest BCUT2D eigenvalue weighted by molar-refractivity contribution is -0.174. The first-order valence-corrected chi connectivity index (χ1v) is 6.53. The van der Waals surface area contributed by atoms with Crippen LogP contribution >= 0.6 is 0 Å². The Hall–Kier alpha value is -0.330. The van der Waals surface area contributed by atoms with Crippen LogP contribution < -0.4 is 5.73 Å². The Balaban J connectivity index is 2.40. The third-order valence-electron chi connectivity index (χ3n) is 3.52. The molecular formula is C13H24F3NO2. The molecule has 0 bridgehead atoms. The molecule has 0 aliphatic carbocycles. The van der Waals surface area contributed by atoms with Gasteiger partial charge in [0, 0.05) is 18.6 Å². The van der Waals surface area contributed by atoms with E-state index in [4.69, 9.17) is 10.5 Å². The summed E-state index contributed by atoms with van der Waals surface area (Å²) < 4.78 is 46.3. The van der Waals surface area contributed by atoms with Gasteiger partial charge in [-0.05, 0) is 40.5 Å². The lowest BCUT2D eigenvalue weighted by atomic mass is 9.81. The zero-order valence-corrected chi connectivity index (χ0v) is 12.0. The Bertz CT molecular complexity index is 303. The summed E-state index contributed by atoms with van der Waals surface area (Å²) in [5.74, 6) is 0.122. The average molecular weight is 283 g/mol. The number of halogens is 3. The van der Waals surface area contributed by atoms with Gasteiger partial charge < -0.3 is 15.2 Å². The summed E-state index contributed by atoms with van der Waals surface area (Å²) in [5.41, 5.74) is 5.49. The molecule has 0 radical (unpaired) electrons. The zero-order chi connectivity index (χ0) is 14.9. The molecule has 1 aliphatic heterocycles. The van der Waals surface area contributed by atoms with Crippen molar-refractivity contribution in [1.82, 2.24) is 0 Å². The topological polar surface area (TPSA) is 44.5 Å². The van der Waals surface area contributed by atoms with Gasteiger partial charge in [0.05, 0.1) is 11.2 Å². The molecular weight excluding hydrogens is 259 g/mol. The van der Waals surface area contributed by atoms with Crippen molar-refractivity contribution in [1.29, 1.82) is 0 Å². The second-order valence-corrected chi connectivity index (χ2v) is 6.40. The van der Waals surface area contributed by atoms with E-state index in [1.807, 2.05) is 27.7 Å². The molecule has 2 N–H and O–H groups in total. The predicted octanol–water partition coefficient (Wildman–Crippen LogP) is 2.88. The highest BCUT2D eigenvalue weighted by atomic mass is 19.4. The van der Waals surface area contributed by atoms with Crippen LogP contribution in [0.15, 0.2) is 0 Å². The molecule has 0 saturated carbocycles. The fourth-order valence-electron chi connectivity index (χ4n) is 2.88. The Kier molecular flexibility index (Phi) is 4.91. The molecule has 1 rings (SSSR count). The maximum atomic E-state index is 11.9. The first-order chi connectivity index (χ1) is 8.43. The maximum absolute atomic E-state index is 11.9. The minimum atomic E-state index is -4.28. The molecule has 1 fully saturated rings. The van der Waals surface area contributed by atoms with Crippen LogP contribution in [-0.4, -0.2) is 36.6 Å². The predicted molar refractivity (Wildman–Crippen MR) is 66.8 cm³/mol. The van der Waals surface area contributed by atoms with Gasteiger partial charge >= 0.3 is 6.18 Å². The molecule has 0 aromatic heterocycles. The zero-order valence-electron chi connectivity index (χ0n) is 12.0. The third-order valence-corrected chi connectivity index (χ3v) is 3.52. The van der Waals surface area contributed by atoms with Crippen molar-refractivity contribution >= 4 is 0 Å². The number of ether oxygens (including phenoxy) is 2. The summed E-state index contributed by atoms with van der Waals surface area (Å²) in [5, 5.41) is 0. The minimum absolute atomic E-state index is 0.0215. The molecule has 0 aromatic carbocycles. The van der Waals surface area contributed by atoms with E-state index in [1.165, 1.54) is 0 Å². The van der Waals surface area contributed by atoms with Gasteiger partial charge in [-0.1, -0.05) is 0 Å². The largest absolute Gasteiger partial charge is 0.411 e. The van der Waals surface area contributed by atoms with Crippen LogP contribution in [0.5, 0.6) is 0 Å². The standard InChI is InChI=1S/C13H24F3NO2/c1-11(2)7-9(12(3,4)19-11)10(17)5-6-18-8-13(14,15)16/h9-10H,5-8,17H2,1-4H3. The van der Waals surface area contributed by atoms with Crippen molar-refractivity contribution in [3.63, 3.8) is 0 Å². The van der Waals surface area contributed by atoms with Gasteiger partial charge in [0.2, 0.25) is 0 Å². The van der Waals surface area contributed by atoms with E-state index in [0.29, 0.717) is 6.42 Å². The Morgan fingerprint density at radius 3 is 2.32 bits per heavy atom. The average Bonchev–Trinajstić information content (AvgIpc) is 2.40. The van der Waals surface area contributed by atoms with Crippen LogP contribution in [0.2, 0.25) is 0 Å². The van der Waals surface area contributed by atoms with E-state index in [1.54, 1.807) is 0 Å². The van der Waals surface area contributed by atoms with Crippen LogP contribution in [0, 0.1) is 5.92 Å². The second-order valence-electron chi connectivity index (χ2n) is 6.40. The molecule has 6 heteroatoms. The summed E-state index contributed by atoms with van der Waals surface area (Å²) >= 11 is 0. The van der Waals surface area contributed by atoms with Crippen molar-refractivity contribution in [3.05, 3.63) is 0 Å². The van der Waals surface area contributed by atoms with Crippen LogP contribution in [0.25, 0.3) is 0 Å². The van der Waals surface area contributed by atoms with Gasteiger partial charge in [0.25, 0.3) is 0 Å². The second kappa shape index (κ2) is 5.58. The van der Waals surface area contributed by atoms with Gasteiger partial charge in [0.15, 0.2) is 0 Å². The van der Waals surface area contributed by atoms with E-state index in [2.05, 4.69) is 4.74 Å². The van der Waals surface area contributed by atoms with E-state index in [0.717, 1.165) is 6.42 Å². The lowest BCUT2D eigenvalue weighted by Gasteiger charge is -2.31. The van der Waals surface area contributed by atoms with Gasteiger partial charge in [-0.25, -0.2) is 0 Å². The molecule has 1 saturated heterocycles. The normalized spacial score (nSPS) is 27.5. The molecule has 1 heterocycles. The van der Waals surface area contributed by atoms with E-state index in [-0.39, 0.29) is 29.8 Å². The molecule has 19 heavy (non-hydrogen) atoms. The first-order valence-electron chi connectivity index (χ1n) is 6.53. The monoisotopic (exact) mass is 283 g/mol. The third kappa shape index (κ3) is 5.28. The number of rotatable bonds is 5. The lowest BCUT2D eigenvalue weighted by Crippen LogP contribution is -2.41. The summed E-state index contributed by atoms with van der Waals surface area (Å²) in [6, 6.07) is -0.218. The minimum Gasteiger partial charge on any atom is -0.372 e. The Morgan fingerprint density at radius 2 is 1.89 bits per heavy atom. The number of hydrogen-bond donors (Lipinski definition) is 1. The van der Waals surface area contributed by atoms with Crippen molar-refractivity contribution in [2.24, 2.45) is 11.7 Å². The van der Waals surface area contributed by atoms with Crippen LogP contribution in [-0.2, 0) is 9.47 Å². The molecule has 0 amide bonds. The maximum Gasteiger partial charge on any atom is 0.411 e. The molecule has 1 aliphatic rings. The molecule has 114 valence electrons. The Morgan fingerprint density at radius 1 is 1.32 bits per heavy atom. The van der Waals surface area contributed by atoms with Crippen molar-refractivity contribution in [3.8, 4) is 0 Å². The van der Waals surface area contributed by atoms with Gasteiger partial charge in [-0.2, -0.15) is 13.2 Å². The quantitative estimate of drug-likeness (QED) is 0.789. The summed E-state index contributed by atoms with van der Waals surface area (Å²) in [6.07, 6.45) is -3.06. The van der Waals surface area contributed by atoms with Gasteiger partial charge in [-0.3, -0.25) is 0 Å². The summed E-state index contributed by atoms with van der Waals surface area (Å²) in [4.78, 5) is 0. The van der Waals surface area contributed by atoms with Gasteiger partial charge in [-0.15, -0.1) is 0 Å². The van der Waals surface area contributed by atoms with Gasteiger partial charge in [0.1, 0.15) is 6.61 Å². The Labute approximate surface area is 112 Å². The SMILES string of the molecule is CC1(C)CC(C(N)CCOCC(F)(F)F)C(C)(C)O1. The highest BCUT2D eigenvalue weighted by molar-refractivity contribution is 4.98. The van der Waals surface area contributed by atoms with E-state index < -0.39 is 12.8 Å². The van der Waals surface area contributed by atoms with E-state index in [9.17, 15) is 13.2 Å². The number of alkyl halides is 3. The molecule has 0 spiro atoms. The van der Waals surface area contributed by atoms with E-state index >= 15 is 0 Å². The van der Waals surface area contributed by atoms with Crippen LogP contribution in [0.3, 0.4) is 0 Å². The first kappa shape index (κ1) is 16.7. The fourth-order valence-corrected chi connectivity index (χ4v) is 2.88. The highest BCUT2D eigenvalue weighted by Gasteiger charge is 2.47. The molecule has 2 atom stereocenters. The van der Waals surface area contributed by atoms with Crippen molar-refractivity contribution in [2.75, 3.05) is 13.2 Å². The number of nitrogens with two attached hydrogens (primary N) is 1. The van der Waals surface area contributed by atoms with Crippen LogP contribution in [0.1, 0.15) is 40.5 Å². The van der Waals surface area contributed by atoms with Crippen molar-refractivity contribution < 1.29 is 22.6 Å². The summed E-state index contributed by atoms with van der Waals surface area (Å²) in [6.45, 7) is 6.76. The fraction of sp³-hybridized carbons (Fsp3) is 1.00. The highest BCUT2D eigenvalue weighted by Crippen LogP contribution is 2.43. The number of hydrogen-bond acceptors (Lipinski definition) is 3.